The van der Waals surface area contributed by atoms with Gasteiger partial charge in [0.1, 0.15) is 0 Å². The second-order valence-corrected chi connectivity index (χ2v) is 6.94. The molecule has 2 unspecified atom stereocenters. The van der Waals surface area contributed by atoms with Crippen LogP contribution >= 0.6 is 11.8 Å². The fourth-order valence-electron chi connectivity index (χ4n) is 1.88. The maximum Gasteiger partial charge on any atom is 0.0703 e. The highest BCUT2D eigenvalue weighted by Crippen LogP contribution is 2.25. The summed E-state index contributed by atoms with van der Waals surface area (Å²) in [4.78, 5) is 2.31. The molecule has 0 bridgehead atoms. The lowest BCUT2D eigenvalue weighted by atomic mass is 9.88. The van der Waals surface area contributed by atoms with Crippen LogP contribution < -0.4 is 0 Å². The Morgan fingerprint density at radius 3 is 2.67 bits per heavy atom. The predicted molar refractivity (Wildman–Crippen MR) is 68.4 cm³/mol. The molecule has 0 aromatic carbocycles. The highest BCUT2D eigenvalue weighted by molar-refractivity contribution is 7.99. The molecule has 0 saturated carbocycles. The van der Waals surface area contributed by atoms with Crippen LogP contribution in [0, 0.1) is 5.41 Å². The van der Waals surface area contributed by atoms with E-state index in [9.17, 15) is 5.11 Å². The minimum absolute atomic E-state index is 0.151. The van der Waals surface area contributed by atoms with Crippen LogP contribution in [-0.2, 0) is 0 Å². The van der Waals surface area contributed by atoms with E-state index in [0.717, 1.165) is 25.1 Å². The van der Waals surface area contributed by atoms with Crippen molar-refractivity contribution in [3.8, 4) is 0 Å². The summed E-state index contributed by atoms with van der Waals surface area (Å²) >= 11 is 1.97. The molecule has 0 aromatic heterocycles. The Labute approximate surface area is 98.4 Å². The summed E-state index contributed by atoms with van der Waals surface area (Å²) in [6, 6.07) is 0.367. The number of aliphatic hydroxyl groups is 1. The van der Waals surface area contributed by atoms with Gasteiger partial charge in [0.15, 0.2) is 0 Å². The summed E-state index contributed by atoms with van der Waals surface area (Å²) in [7, 11) is 2.13. The number of aliphatic hydroxyl groups excluding tert-OH is 1. The Hall–Kier alpha value is 0.270. The normalized spacial score (nSPS) is 26.6. The van der Waals surface area contributed by atoms with Gasteiger partial charge in [0, 0.05) is 24.1 Å². The molecule has 1 saturated heterocycles. The Balaban J connectivity index is 2.35. The first-order valence-corrected chi connectivity index (χ1v) is 7.02. The van der Waals surface area contributed by atoms with Crippen LogP contribution in [0.1, 0.15) is 33.6 Å². The molecule has 3 heteroatoms. The molecule has 0 amide bonds. The van der Waals surface area contributed by atoms with Gasteiger partial charge in [-0.15, -0.1) is 0 Å². The number of hydrogen-bond acceptors (Lipinski definition) is 3. The zero-order chi connectivity index (χ0) is 11.5. The highest BCUT2D eigenvalue weighted by Gasteiger charge is 2.27. The number of nitrogens with zero attached hydrogens (tertiary/aromatic N) is 1. The molecule has 2 atom stereocenters. The first kappa shape index (κ1) is 13.3. The first-order valence-electron chi connectivity index (χ1n) is 5.86. The second kappa shape index (κ2) is 5.55. The van der Waals surface area contributed by atoms with Crippen molar-refractivity contribution in [3.63, 3.8) is 0 Å². The van der Waals surface area contributed by atoms with Crippen molar-refractivity contribution >= 4 is 11.8 Å². The van der Waals surface area contributed by atoms with Gasteiger partial charge in [-0.1, -0.05) is 20.8 Å². The van der Waals surface area contributed by atoms with Crippen molar-refractivity contribution in [2.75, 3.05) is 25.1 Å². The van der Waals surface area contributed by atoms with Gasteiger partial charge in [0.25, 0.3) is 0 Å². The molecule has 2 nitrogen and oxygen atoms in total. The van der Waals surface area contributed by atoms with E-state index >= 15 is 0 Å². The van der Waals surface area contributed by atoms with Gasteiger partial charge in [-0.2, -0.15) is 11.8 Å². The van der Waals surface area contributed by atoms with Crippen molar-refractivity contribution in [3.05, 3.63) is 0 Å². The molecule has 1 aliphatic rings. The van der Waals surface area contributed by atoms with Gasteiger partial charge in [-0.25, -0.2) is 0 Å². The smallest absolute Gasteiger partial charge is 0.0703 e. The molecule has 0 aromatic rings. The molecule has 0 radical (unpaired) electrons. The third-order valence-corrected chi connectivity index (χ3v) is 4.13. The summed E-state index contributed by atoms with van der Waals surface area (Å²) in [5, 5.41) is 10.2. The van der Waals surface area contributed by atoms with Gasteiger partial charge in [0.05, 0.1) is 6.10 Å². The van der Waals surface area contributed by atoms with Crippen molar-refractivity contribution < 1.29 is 5.11 Å². The number of thioether (sulfide) groups is 1. The molecule has 90 valence electrons. The fourth-order valence-corrected chi connectivity index (χ4v) is 3.19. The Morgan fingerprint density at radius 2 is 2.13 bits per heavy atom. The molecule has 0 spiro atoms. The van der Waals surface area contributed by atoms with Gasteiger partial charge >= 0.3 is 0 Å². The summed E-state index contributed by atoms with van der Waals surface area (Å²) in [5.41, 5.74) is 0.335. The molecule has 1 fully saturated rings. The lowest BCUT2D eigenvalue weighted by molar-refractivity contribution is 0.0604. The fraction of sp³-hybridized carbons (Fsp3) is 1.00. The third kappa shape index (κ3) is 4.75. The molecule has 15 heavy (non-hydrogen) atoms. The Morgan fingerprint density at radius 1 is 1.47 bits per heavy atom. The van der Waals surface area contributed by atoms with Crippen LogP contribution in [0.4, 0.5) is 0 Å². The van der Waals surface area contributed by atoms with Gasteiger partial charge in [0.2, 0.25) is 0 Å². The maximum absolute atomic E-state index is 10.2. The van der Waals surface area contributed by atoms with E-state index in [0.29, 0.717) is 11.5 Å². The molecule has 1 aliphatic heterocycles. The van der Waals surface area contributed by atoms with Crippen LogP contribution in [0.25, 0.3) is 0 Å². The summed E-state index contributed by atoms with van der Waals surface area (Å²) in [5.74, 6) is 2.29. The largest absolute Gasteiger partial charge is 0.391 e. The van der Waals surface area contributed by atoms with Crippen molar-refractivity contribution in [2.24, 2.45) is 5.41 Å². The van der Waals surface area contributed by atoms with Crippen LogP contribution in [0.15, 0.2) is 0 Å². The van der Waals surface area contributed by atoms with E-state index in [2.05, 4.69) is 32.7 Å². The van der Waals surface area contributed by atoms with Crippen molar-refractivity contribution in [1.29, 1.82) is 0 Å². The lowest BCUT2D eigenvalue weighted by Crippen LogP contribution is -2.47. The second-order valence-electron chi connectivity index (χ2n) is 5.79. The van der Waals surface area contributed by atoms with Gasteiger partial charge in [-0.3, -0.25) is 4.90 Å². The summed E-state index contributed by atoms with van der Waals surface area (Å²) < 4.78 is 0. The van der Waals surface area contributed by atoms with E-state index in [4.69, 9.17) is 0 Å². The quantitative estimate of drug-likeness (QED) is 0.805. The average Bonchev–Trinajstić information content (AvgIpc) is 2.14. The van der Waals surface area contributed by atoms with Gasteiger partial charge in [-0.05, 0) is 25.3 Å². The first-order chi connectivity index (χ1) is 6.90. The molecule has 1 heterocycles. The molecule has 1 N–H and O–H groups in total. The Bertz CT molecular complexity index is 191. The van der Waals surface area contributed by atoms with E-state index in [1.165, 1.54) is 5.75 Å². The highest BCUT2D eigenvalue weighted by atomic mass is 32.2. The van der Waals surface area contributed by atoms with Crippen molar-refractivity contribution in [2.45, 2.75) is 45.8 Å². The minimum Gasteiger partial charge on any atom is -0.391 e. The minimum atomic E-state index is -0.151. The van der Waals surface area contributed by atoms with Gasteiger partial charge < -0.3 is 5.11 Å². The average molecular weight is 231 g/mol. The van der Waals surface area contributed by atoms with E-state index in [1.54, 1.807) is 0 Å². The van der Waals surface area contributed by atoms with Crippen LogP contribution in [-0.4, -0.2) is 47.3 Å². The molecular weight excluding hydrogens is 206 g/mol. The van der Waals surface area contributed by atoms with E-state index in [1.807, 2.05) is 11.8 Å². The molecular formula is C12H25NOS. The molecule has 1 rings (SSSR count). The third-order valence-electron chi connectivity index (χ3n) is 3.08. The maximum atomic E-state index is 10.2. The van der Waals surface area contributed by atoms with Crippen LogP contribution in [0.5, 0.6) is 0 Å². The number of likely N-dealkylation sites (N-methyl/N-ethyl adjacent to an activating group) is 1. The monoisotopic (exact) mass is 231 g/mol. The molecule has 0 aliphatic carbocycles. The summed E-state index contributed by atoms with van der Waals surface area (Å²) in [6.07, 6.45) is 1.88. The predicted octanol–water partition coefficient (Wildman–Crippen LogP) is 2.22. The van der Waals surface area contributed by atoms with Crippen LogP contribution in [0.2, 0.25) is 0 Å². The zero-order valence-electron chi connectivity index (χ0n) is 10.5. The Kier molecular flexibility index (Phi) is 4.94. The number of hydrogen-bond donors (Lipinski definition) is 1. The van der Waals surface area contributed by atoms with Crippen LogP contribution in [0.3, 0.4) is 0 Å². The van der Waals surface area contributed by atoms with E-state index in [-0.39, 0.29) is 6.10 Å². The topological polar surface area (TPSA) is 23.5 Å². The lowest BCUT2D eigenvalue weighted by Gasteiger charge is -2.36. The zero-order valence-corrected chi connectivity index (χ0v) is 11.3. The van der Waals surface area contributed by atoms with Crippen molar-refractivity contribution in [1.82, 2.24) is 4.90 Å². The summed E-state index contributed by atoms with van der Waals surface area (Å²) in [6.45, 7) is 7.82. The van der Waals surface area contributed by atoms with E-state index < -0.39 is 0 Å². The standard InChI is InChI=1S/C12H25NOS/c1-12(2,3)6-5-11(14)10-9-15-8-7-13(10)4/h10-11,14H,5-9H2,1-4H3. The number of rotatable bonds is 3. The SMILES string of the molecule is CN1CCSCC1C(O)CCC(C)(C)C.